The summed E-state index contributed by atoms with van der Waals surface area (Å²) in [6, 6.07) is 4.32. The monoisotopic (exact) mass is 522 g/mol. The number of amides is 2. The molecule has 38 heavy (non-hydrogen) atoms. The summed E-state index contributed by atoms with van der Waals surface area (Å²) in [5.41, 5.74) is 9.23. The smallest absolute Gasteiger partial charge is 0.251 e. The van der Waals surface area contributed by atoms with Crippen LogP contribution in [-0.4, -0.2) is 65.8 Å². The van der Waals surface area contributed by atoms with Gasteiger partial charge in [0.05, 0.1) is 43.4 Å². The number of carbonyl (C=O) groups is 2. The first-order valence-electron chi connectivity index (χ1n) is 13.6. The summed E-state index contributed by atoms with van der Waals surface area (Å²) in [5.74, 6) is 0.211. The Morgan fingerprint density at radius 1 is 1.29 bits per heavy atom. The Hall–Kier alpha value is -3.17. The van der Waals surface area contributed by atoms with Gasteiger partial charge in [0.2, 0.25) is 5.91 Å². The maximum atomic E-state index is 13.6. The maximum Gasteiger partial charge on any atom is 0.251 e. The Kier molecular flexibility index (Phi) is 7.33. The van der Waals surface area contributed by atoms with E-state index in [4.69, 9.17) is 20.2 Å². The number of aliphatic hydroxyl groups excluding tert-OH is 1. The van der Waals surface area contributed by atoms with Gasteiger partial charge in [0, 0.05) is 30.6 Å². The molecule has 1 fully saturated rings. The quantitative estimate of drug-likeness (QED) is 0.505. The van der Waals surface area contributed by atoms with E-state index in [1.54, 1.807) is 30.2 Å². The van der Waals surface area contributed by atoms with Crippen molar-refractivity contribution in [3.63, 3.8) is 0 Å². The van der Waals surface area contributed by atoms with Crippen molar-refractivity contribution in [2.75, 3.05) is 20.3 Å². The molecular formula is C29H38N4O5. The molecule has 4 aliphatic rings. The van der Waals surface area contributed by atoms with Gasteiger partial charge in [0.15, 0.2) is 5.96 Å². The zero-order chi connectivity index (χ0) is 27.0. The van der Waals surface area contributed by atoms with Crippen molar-refractivity contribution >= 4 is 17.8 Å². The average molecular weight is 523 g/mol. The third-order valence-corrected chi connectivity index (χ3v) is 8.54. The molecule has 0 spiro atoms. The fourth-order valence-corrected chi connectivity index (χ4v) is 6.31. The van der Waals surface area contributed by atoms with Crippen molar-refractivity contribution in [2.24, 2.45) is 16.6 Å². The number of ether oxygens (including phenoxy) is 2. The van der Waals surface area contributed by atoms with E-state index in [1.807, 2.05) is 13.8 Å². The predicted octanol–water partition coefficient (Wildman–Crippen LogP) is 3.00. The lowest BCUT2D eigenvalue weighted by molar-refractivity contribution is -0.133. The maximum absolute atomic E-state index is 13.6. The second-order valence-corrected chi connectivity index (χ2v) is 10.8. The summed E-state index contributed by atoms with van der Waals surface area (Å²) in [6.45, 7) is 4.74. The van der Waals surface area contributed by atoms with E-state index in [0.717, 1.165) is 36.8 Å². The number of aliphatic hydroxyl groups is 1. The minimum Gasteiger partial charge on any atom is -0.493 e. The number of carbonyl (C=O) groups excluding carboxylic acids is 2. The summed E-state index contributed by atoms with van der Waals surface area (Å²) in [6.07, 6.45) is 7.73. The number of rotatable bonds is 7. The molecule has 2 amide bonds. The standard InChI is InChI=1S/C29H38N4O5/c1-4-29(5-2)14-24(35)33(28(30)32-29)26-19(15-37-3)16-38-23-11-10-18(12-21(23)26)27(36)31-25-20-9-7-6-8-17(20)13-22(25)34/h8-12,19,22,25-26,34H,4-7,13-16H2,1-3H3,(H2,30,32)(H,31,36)/t19-,22+,25+,26+/m0/s1. The van der Waals surface area contributed by atoms with Crippen LogP contribution in [0.4, 0.5) is 0 Å². The normalized spacial score (nSPS) is 27.9. The first kappa shape index (κ1) is 26.4. The molecule has 0 saturated heterocycles. The molecule has 5 rings (SSSR count). The van der Waals surface area contributed by atoms with Crippen molar-refractivity contribution in [3.05, 3.63) is 52.6 Å². The fourth-order valence-electron chi connectivity index (χ4n) is 6.31. The lowest BCUT2D eigenvalue weighted by atomic mass is 9.84. The number of aliphatic imine (C=N–C) groups is 1. The van der Waals surface area contributed by atoms with Gasteiger partial charge in [0.25, 0.3) is 5.91 Å². The number of nitrogens with zero attached hydrogens (tertiary/aromatic N) is 2. The lowest BCUT2D eigenvalue weighted by Gasteiger charge is -2.44. The molecule has 9 nitrogen and oxygen atoms in total. The molecule has 2 heterocycles. The van der Waals surface area contributed by atoms with Gasteiger partial charge in [-0.2, -0.15) is 0 Å². The van der Waals surface area contributed by atoms with Gasteiger partial charge in [-0.3, -0.25) is 14.5 Å². The minimum atomic E-state index is -0.659. The second-order valence-electron chi connectivity index (χ2n) is 10.8. The molecule has 1 aromatic carbocycles. The zero-order valence-electron chi connectivity index (χ0n) is 22.4. The highest BCUT2D eigenvalue weighted by atomic mass is 16.5. The van der Waals surface area contributed by atoms with Gasteiger partial charge in [-0.05, 0) is 55.0 Å². The van der Waals surface area contributed by atoms with Crippen molar-refractivity contribution in [1.82, 2.24) is 10.2 Å². The molecule has 0 aromatic heterocycles. The summed E-state index contributed by atoms with van der Waals surface area (Å²) >= 11 is 0. The van der Waals surface area contributed by atoms with Gasteiger partial charge in [-0.1, -0.05) is 26.0 Å². The van der Waals surface area contributed by atoms with Crippen LogP contribution in [0.5, 0.6) is 5.75 Å². The van der Waals surface area contributed by atoms with Crippen LogP contribution < -0.4 is 15.8 Å². The highest BCUT2D eigenvalue weighted by Crippen LogP contribution is 2.43. The Balaban J connectivity index is 1.48. The number of hydrogen-bond acceptors (Lipinski definition) is 7. The number of allylic oxidation sites excluding steroid dienone is 2. The summed E-state index contributed by atoms with van der Waals surface area (Å²) < 4.78 is 11.5. The zero-order valence-corrected chi connectivity index (χ0v) is 22.4. The largest absolute Gasteiger partial charge is 0.493 e. The van der Waals surface area contributed by atoms with E-state index in [0.29, 0.717) is 36.5 Å². The van der Waals surface area contributed by atoms with E-state index in [9.17, 15) is 14.7 Å². The van der Waals surface area contributed by atoms with E-state index < -0.39 is 23.7 Å². The van der Waals surface area contributed by atoms with Crippen LogP contribution in [-0.2, 0) is 9.53 Å². The fraction of sp³-hybridized carbons (Fsp3) is 0.552. The first-order valence-corrected chi connectivity index (χ1v) is 13.6. The first-order chi connectivity index (χ1) is 18.3. The SMILES string of the molecule is CCC1(CC)CC(=O)N([C@H]2c3cc(C(=O)N[C@@H]4C5=CCCC=C5C[C@H]4O)ccc3OC[C@@H]2COC)C(N)=N1. The second kappa shape index (κ2) is 10.5. The van der Waals surface area contributed by atoms with Crippen LogP contribution in [0.2, 0.25) is 0 Å². The molecule has 2 aliphatic carbocycles. The molecule has 9 heteroatoms. The number of nitrogens with two attached hydrogens (primary N) is 1. The third kappa shape index (κ3) is 4.62. The molecule has 2 aliphatic heterocycles. The van der Waals surface area contributed by atoms with E-state index in [1.165, 1.54) is 0 Å². The predicted molar refractivity (Wildman–Crippen MR) is 144 cm³/mol. The van der Waals surface area contributed by atoms with Gasteiger partial charge in [-0.25, -0.2) is 4.99 Å². The number of fused-ring (bicyclic) bond motifs is 2. The molecule has 0 bridgehead atoms. The van der Waals surface area contributed by atoms with E-state index in [-0.39, 0.29) is 30.1 Å². The Labute approximate surface area is 223 Å². The van der Waals surface area contributed by atoms with Crippen molar-refractivity contribution < 1.29 is 24.2 Å². The number of hydrogen-bond donors (Lipinski definition) is 3. The van der Waals surface area contributed by atoms with Crippen LogP contribution >= 0.6 is 0 Å². The lowest BCUT2D eigenvalue weighted by Crippen LogP contribution is -2.55. The van der Waals surface area contributed by atoms with Gasteiger partial charge in [0.1, 0.15) is 5.75 Å². The molecule has 1 saturated carbocycles. The summed E-state index contributed by atoms with van der Waals surface area (Å²) in [7, 11) is 1.61. The molecule has 0 unspecified atom stereocenters. The Morgan fingerprint density at radius 3 is 2.76 bits per heavy atom. The summed E-state index contributed by atoms with van der Waals surface area (Å²) in [4.78, 5) is 33.4. The van der Waals surface area contributed by atoms with Crippen LogP contribution in [0, 0.1) is 5.92 Å². The molecule has 204 valence electrons. The molecule has 1 aromatic rings. The third-order valence-electron chi connectivity index (χ3n) is 8.54. The number of nitrogens with one attached hydrogen (secondary N) is 1. The van der Waals surface area contributed by atoms with Gasteiger partial charge in [-0.15, -0.1) is 0 Å². The van der Waals surface area contributed by atoms with Crippen molar-refractivity contribution in [3.8, 4) is 5.75 Å². The highest BCUT2D eigenvalue weighted by Gasteiger charge is 2.45. The van der Waals surface area contributed by atoms with Crippen LogP contribution in [0.25, 0.3) is 0 Å². The summed E-state index contributed by atoms with van der Waals surface area (Å²) in [5, 5.41) is 13.7. The van der Waals surface area contributed by atoms with E-state index >= 15 is 0 Å². The number of guanidine groups is 1. The van der Waals surface area contributed by atoms with Crippen LogP contribution in [0.1, 0.15) is 74.3 Å². The number of methoxy groups -OCH3 is 1. The Morgan fingerprint density at radius 2 is 2.05 bits per heavy atom. The average Bonchev–Trinajstić information content (AvgIpc) is 3.23. The topological polar surface area (TPSA) is 126 Å². The van der Waals surface area contributed by atoms with Crippen LogP contribution in [0.15, 0.2) is 46.5 Å². The van der Waals surface area contributed by atoms with Gasteiger partial charge >= 0.3 is 0 Å². The molecule has 0 radical (unpaired) electrons. The van der Waals surface area contributed by atoms with Crippen LogP contribution in [0.3, 0.4) is 0 Å². The molecule has 4 atom stereocenters. The minimum absolute atomic E-state index is 0.0902. The molecular weight excluding hydrogens is 484 g/mol. The van der Waals surface area contributed by atoms with Crippen molar-refractivity contribution in [2.45, 2.75) is 76.1 Å². The van der Waals surface area contributed by atoms with Crippen molar-refractivity contribution in [1.29, 1.82) is 0 Å². The number of benzene rings is 1. The highest BCUT2D eigenvalue weighted by molar-refractivity contribution is 6.00. The molecule has 4 N–H and O–H groups in total. The Bertz CT molecular complexity index is 1200. The van der Waals surface area contributed by atoms with Gasteiger partial charge < -0.3 is 25.6 Å². The van der Waals surface area contributed by atoms with E-state index in [2.05, 4.69) is 17.5 Å².